The van der Waals surface area contributed by atoms with Gasteiger partial charge in [-0.2, -0.15) is 0 Å². The summed E-state index contributed by atoms with van der Waals surface area (Å²) in [7, 11) is 1.59. The molecule has 0 aromatic heterocycles. The normalized spacial score (nSPS) is 10.2. The van der Waals surface area contributed by atoms with Crippen molar-refractivity contribution in [3.8, 4) is 5.75 Å². The Morgan fingerprint density at radius 2 is 1.80 bits per heavy atom. The molecule has 0 aliphatic rings. The molecule has 5 nitrogen and oxygen atoms in total. The van der Waals surface area contributed by atoms with Crippen LogP contribution in [0.3, 0.4) is 0 Å². The molecule has 0 unspecified atom stereocenters. The number of nitrogens with one attached hydrogen (secondary N) is 1. The minimum absolute atomic E-state index is 0.0979. The van der Waals surface area contributed by atoms with Gasteiger partial charge in [0.15, 0.2) is 0 Å². The molecular weight excluding hydrogens is 323 g/mol. The molecular formula is C19H21FN2O3. The van der Waals surface area contributed by atoms with Crippen LogP contribution in [0, 0.1) is 5.82 Å². The number of anilines is 1. The molecule has 6 heteroatoms. The Morgan fingerprint density at radius 3 is 2.48 bits per heavy atom. The summed E-state index contributed by atoms with van der Waals surface area (Å²) < 4.78 is 18.9. The fourth-order valence-corrected chi connectivity index (χ4v) is 2.44. The highest BCUT2D eigenvalue weighted by molar-refractivity contribution is 5.94. The van der Waals surface area contributed by atoms with Crippen LogP contribution in [0.5, 0.6) is 5.75 Å². The highest BCUT2D eigenvalue weighted by Gasteiger charge is 2.15. The van der Waals surface area contributed by atoms with E-state index in [1.54, 1.807) is 19.2 Å². The molecule has 2 aromatic rings. The van der Waals surface area contributed by atoms with Crippen LogP contribution >= 0.6 is 0 Å². The molecule has 2 amide bonds. The Hall–Kier alpha value is -2.89. The summed E-state index contributed by atoms with van der Waals surface area (Å²) in [6, 6.07) is 13.4. The monoisotopic (exact) mass is 344 g/mol. The first-order chi connectivity index (χ1) is 12.0. The predicted octanol–water partition coefficient (Wildman–Crippen LogP) is 2.86. The Kier molecular flexibility index (Phi) is 6.51. The number of nitrogens with zero attached hydrogens (tertiary/aromatic N) is 1. The van der Waals surface area contributed by atoms with Crippen molar-refractivity contribution in [1.29, 1.82) is 0 Å². The minimum Gasteiger partial charge on any atom is -0.496 e. The van der Waals surface area contributed by atoms with E-state index in [9.17, 15) is 14.0 Å². The van der Waals surface area contributed by atoms with E-state index in [1.165, 1.54) is 24.0 Å². The van der Waals surface area contributed by atoms with Gasteiger partial charge in [-0.15, -0.1) is 0 Å². The Bertz CT molecular complexity index is 749. The van der Waals surface area contributed by atoms with Crippen LogP contribution in [-0.4, -0.2) is 36.9 Å². The highest BCUT2D eigenvalue weighted by Crippen LogP contribution is 2.18. The number of carbonyl (C=O) groups is 2. The molecule has 0 fully saturated rings. The van der Waals surface area contributed by atoms with Crippen LogP contribution in [0.4, 0.5) is 10.1 Å². The third-order valence-electron chi connectivity index (χ3n) is 3.77. The molecule has 25 heavy (non-hydrogen) atoms. The standard InChI is InChI=1S/C19H21FN2O3/c1-14(23)22(12-11-15-7-3-6-10-18(15)25-2)13-19(24)21-17-9-5-4-8-16(17)20/h3-10H,11-13H2,1-2H3,(H,21,24). The van der Waals surface area contributed by atoms with E-state index < -0.39 is 11.7 Å². The molecule has 0 radical (unpaired) electrons. The van der Waals surface area contributed by atoms with Gasteiger partial charge in [0.05, 0.1) is 19.3 Å². The zero-order valence-electron chi connectivity index (χ0n) is 14.3. The molecule has 2 rings (SSSR count). The van der Waals surface area contributed by atoms with Crippen molar-refractivity contribution in [2.45, 2.75) is 13.3 Å². The summed E-state index contributed by atoms with van der Waals surface area (Å²) in [5, 5.41) is 2.48. The first-order valence-electron chi connectivity index (χ1n) is 7.93. The second kappa shape index (κ2) is 8.82. The molecule has 0 heterocycles. The van der Waals surface area contributed by atoms with Gasteiger partial charge in [-0.3, -0.25) is 9.59 Å². The van der Waals surface area contributed by atoms with Gasteiger partial charge >= 0.3 is 0 Å². The third kappa shape index (κ3) is 5.31. The zero-order valence-corrected chi connectivity index (χ0v) is 14.3. The summed E-state index contributed by atoms with van der Waals surface area (Å²) >= 11 is 0. The summed E-state index contributed by atoms with van der Waals surface area (Å²) in [6.45, 7) is 1.62. The maximum atomic E-state index is 13.6. The van der Waals surface area contributed by atoms with Crippen molar-refractivity contribution in [1.82, 2.24) is 4.90 Å². The Morgan fingerprint density at radius 1 is 1.12 bits per heavy atom. The van der Waals surface area contributed by atoms with Gasteiger partial charge in [0.25, 0.3) is 0 Å². The number of amides is 2. The summed E-state index contributed by atoms with van der Waals surface area (Å²) in [5.41, 5.74) is 1.05. The number of halogens is 1. The number of hydrogen-bond donors (Lipinski definition) is 1. The number of benzene rings is 2. The van der Waals surface area contributed by atoms with Crippen molar-refractivity contribution in [3.05, 3.63) is 59.9 Å². The van der Waals surface area contributed by atoms with Gasteiger partial charge in [0.2, 0.25) is 11.8 Å². The van der Waals surface area contributed by atoms with Crippen molar-refractivity contribution in [2.24, 2.45) is 0 Å². The van der Waals surface area contributed by atoms with Gasteiger partial charge in [-0.25, -0.2) is 4.39 Å². The van der Waals surface area contributed by atoms with Crippen LogP contribution in [0.1, 0.15) is 12.5 Å². The number of methoxy groups -OCH3 is 1. The van der Waals surface area contributed by atoms with E-state index in [-0.39, 0.29) is 18.1 Å². The maximum absolute atomic E-state index is 13.6. The van der Waals surface area contributed by atoms with Gasteiger partial charge in [-0.1, -0.05) is 30.3 Å². The predicted molar refractivity (Wildman–Crippen MR) is 94.0 cm³/mol. The number of para-hydroxylation sites is 2. The first kappa shape index (κ1) is 18.4. The Labute approximate surface area is 146 Å². The molecule has 1 N–H and O–H groups in total. The molecule has 0 atom stereocenters. The van der Waals surface area contributed by atoms with Crippen LogP contribution in [-0.2, 0) is 16.0 Å². The van der Waals surface area contributed by atoms with Crippen molar-refractivity contribution in [2.75, 3.05) is 25.5 Å². The lowest BCUT2D eigenvalue weighted by Gasteiger charge is -2.21. The minimum atomic E-state index is -0.515. The molecule has 0 aliphatic heterocycles. The lowest BCUT2D eigenvalue weighted by atomic mass is 10.1. The van der Waals surface area contributed by atoms with E-state index in [2.05, 4.69) is 5.32 Å². The van der Waals surface area contributed by atoms with Crippen LogP contribution < -0.4 is 10.1 Å². The van der Waals surface area contributed by atoms with Crippen LogP contribution in [0.25, 0.3) is 0 Å². The summed E-state index contributed by atoms with van der Waals surface area (Å²) in [5.74, 6) is -0.444. The molecule has 0 saturated heterocycles. The van der Waals surface area contributed by atoms with E-state index in [1.807, 2.05) is 24.3 Å². The highest BCUT2D eigenvalue weighted by atomic mass is 19.1. The van der Waals surface area contributed by atoms with Crippen molar-refractivity contribution < 1.29 is 18.7 Å². The largest absolute Gasteiger partial charge is 0.496 e. The maximum Gasteiger partial charge on any atom is 0.244 e. The zero-order chi connectivity index (χ0) is 18.2. The molecule has 132 valence electrons. The molecule has 0 spiro atoms. The van der Waals surface area contributed by atoms with Gasteiger partial charge in [0, 0.05) is 13.5 Å². The van der Waals surface area contributed by atoms with E-state index in [4.69, 9.17) is 4.74 Å². The number of rotatable bonds is 7. The lowest BCUT2D eigenvalue weighted by molar-refractivity contribution is -0.132. The topological polar surface area (TPSA) is 58.6 Å². The van der Waals surface area contributed by atoms with Crippen molar-refractivity contribution >= 4 is 17.5 Å². The van der Waals surface area contributed by atoms with E-state index in [0.717, 1.165) is 11.3 Å². The van der Waals surface area contributed by atoms with Gasteiger partial charge in [-0.05, 0) is 30.2 Å². The molecule has 0 aliphatic carbocycles. The average Bonchev–Trinajstić information content (AvgIpc) is 2.60. The lowest BCUT2D eigenvalue weighted by Crippen LogP contribution is -2.38. The van der Waals surface area contributed by atoms with E-state index >= 15 is 0 Å². The second-order valence-electron chi connectivity index (χ2n) is 5.53. The van der Waals surface area contributed by atoms with Crippen LogP contribution in [0.2, 0.25) is 0 Å². The van der Waals surface area contributed by atoms with Crippen molar-refractivity contribution in [3.63, 3.8) is 0 Å². The number of ether oxygens (including phenoxy) is 1. The summed E-state index contributed by atoms with van der Waals surface area (Å²) in [4.78, 5) is 25.4. The molecule has 2 aromatic carbocycles. The third-order valence-corrected chi connectivity index (χ3v) is 3.77. The quantitative estimate of drug-likeness (QED) is 0.840. The van der Waals surface area contributed by atoms with E-state index in [0.29, 0.717) is 13.0 Å². The Balaban J connectivity index is 1.97. The second-order valence-corrected chi connectivity index (χ2v) is 5.53. The SMILES string of the molecule is COc1ccccc1CCN(CC(=O)Nc1ccccc1F)C(C)=O. The van der Waals surface area contributed by atoms with Gasteiger partial charge in [0.1, 0.15) is 11.6 Å². The summed E-state index contributed by atoms with van der Waals surface area (Å²) in [6.07, 6.45) is 0.552. The molecule has 0 saturated carbocycles. The fraction of sp³-hybridized carbons (Fsp3) is 0.263. The average molecular weight is 344 g/mol. The first-order valence-corrected chi connectivity index (χ1v) is 7.93. The smallest absolute Gasteiger partial charge is 0.244 e. The fourth-order valence-electron chi connectivity index (χ4n) is 2.44. The molecule has 0 bridgehead atoms. The van der Waals surface area contributed by atoms with Crippen LogP contribution in [0.15, 0.2) is 48.5 Å². The number of hydrogen-bond acceptors (Lipinski definition) is 3. The van der Waals surface area contributed by atoms with Gasteiger partial charge < -0.3 is 15.0 Å². The number of carbonyl (C=O) groups excluding carboxylic acids is 2.